The zero-order valence-corrected chi connectivity index (χ0v) is 12.8. The molecule has 0 amide bonds. The number of methoxy groups -OCH3 is 1. The van der Waals surface area contributed by atoms with Crippen molar-refractivity contribution < 1.29 is 24.5 Å². The first kappa shape index (κ1) is 15.2. The van der Waals surface area contributed by atoms with Crippen LogP contribution in [0.25, 0.3) is 0 Å². The zero-order valence-electron chi connectivity index (χ0n) is 11.2. The lowest BCUT2D eigenvalue weighted by atomic mass is 10.2. The number of carbonyl (C=O) groups excluding carboxylic acids is 1. The lowest BCUT2D eigenvalue weighted by Gasteiger charge is -2.13. The van der Waals surface area contributed by atoms with Gasteiger partial charge in [0.25, 0.3) is 0 Å². The maximum atomic E-state index is 11.6. The minimum Gasteiger partial charge on any atom is -0.504 e. The molecule has 6 heteroatoms. The quantitative estimate of drug-likeness (QED) is 0.652. The minimum absolute atomic E-state index is 0.0146. The van der Waals surface area contributed by atoms with Crippen molar-refractivity contribution in [3.8, 4) is 17.2 Å². The van der Waals surface area contributed by atoms with Crippen molar-refractivity contribution in [1.82, 2.24) is 0 Å². The second-order valence-electron chi connectivity index (χ2n) is 4.20. The average molecular weight is 353 g/mol. The molecular weight excluding hydrogens is 340 g/mol. The van der Waals surface area contributed by atoms with Crippen molar-refractivity contribution >= 4 is 21.9 Å². The molecular formula is C15H13BrO5. The van der Waals surface area contributed by atoms with Gasteiger partial charge in [-0.25, -0.2) is 4.79 Å². The van der Waals surface area contributed by atoms with Crippen LogP contribution in [0.5, 0.6) is 17.2 Å². The number of aromatic hydroxyl groups is 2. The van der Waals surface area contributed by atoms with E-state index in [1.54, 1.807) is 0 Å². The Morgan fingerprint density at radius 3 is 2.52 bits per heavy atom. The van der Waals surface area contributed by atoms with Gasteiger partial charge in [-0.15, -0.1) is 0 Å². The third kappa shape index (κ3) is 3.28. The van der Waals surface area contributed by atoms with E-state index in [0.717, 1.165) is 11.6 Å². The number of rotatable bonds is 4. The molecule has 2 aromatic rings. The van der Waals surface area contributed by atoms with Crippen molar-refractivity contribution in [2.24, 2.45) is 0 Å². The molecule has 0 aromatic heterocycles. The van der Waals surface area contributed by atoms with Gasteiger partial charge >= 0.3 is 5.97 Å². The van der Waals surface area contributed by atoms with Crippen molar-refractivity contribution in [2.45, 2.75) is 6.61 Å². The molecule has 0 fully saturated rings. The maximum absolute atomic E-state index is 11.6. The number of carbonyl (C=O) groups is 1. The Labute approximate surface area is 129 Å². The molecule has 5 nitrogen and oxygen atoms in total. The molecule has 2 aromatic carbocycles. The summed E-state index contributed by atoms with van der Waals surface area (Å²) in [6.07, 6.45) is 0. The van der Waals surface area contributed by atoms with Gasteiger partial charge in [0.05, 0.1) is 17.1 Å². The molecule has 0 heterocycles. The van der Waals surface area contributed by atoms with E-state index >= 15 is 0 Å². The first-order valence-electron chi connectivity index (χ1n) is 6.04. The second kappa shape index (κ2) is 6.49. The predicted octanol–water partition coefficient (Wildman–Crippen LogP) is 3.23. The molecule has 0 radical (unpaired) electrons. The van der Waals surface area contributed by atoms with E-state index in [2.05, 4.69) is 20.7 Å². The van der Waals surface area contributed by atoms with Crippen molar-refractivity contribution in [1.29, 1.82) is 0 Å². The molecule has 0 spiro atoms. The van der Waals surface area contributed by atoms with Gasteiger partial charge in [-0.3, -0.25) is 0 Å². The largest absolute Gasteiger partial charge is 0.504 e. The third-order valence-corrected chi connectivity index (χ3v) is 3.59. The zero-order chi connectivity index (χ0) is 15.4. The summed E-state index contributed by atoms with van der Waals surface area (Å²) in [4.78, 5) is 11.6. The van der Waals surface area contributed by atoms with Crippen LogP contribution in [-0.2, 0) is 11.3 Å². The van der Waals surface area contributed by atoms with E-state index in [9.17, 15) is 15.0 Å². The number of benzene rings is 2. The number of halogens is 1. The lowest BCUT2D eigenvalue weighted by molar-refractivity contribution is 0.0598. The van der Waals surface area contributed by atoms with Gasteiger partial charge in [0.15, 0.2) is 11.5 Å². The van der Waals surface area contributed by atoms with Gasteiger partial charge < -0.3 is 19.7 Å². The number of hydrogen-bond acceptors (Lipinski definition) is 5. The first-order valence-corrected chi connectivity index (χ1v) is 6.83. The number of phenolic OH excluding ortho intramolecular Hbond substituents is 2. The fourth-order valence-electron chi connectivity index (χ4n) is 1.73. The Hall–Kier alpha value is -2.21. The van der Waals surface area contributed by atoms with Crippen LogP contribution in [0.15, 0.2) is 40.9 Å². The fraction of sp³-hybridized carbons (Fsp3) is 0.133. The Balaban J connectivity index is 2.34. The molecule has 0 unspecified atom stereocenters. The van der Waals surface area contributed by atoms with Gasteiger partial charge in [0.2, 0.25) is 5.75 Å². The standard InChI is InChI=1S/C15H13BrO5/c1-20-15(19)10-7-11(17)13(18)14(12(10)16)21-8-9-5-3-2-4-6-9/h2-7,17-18H,8H2,1H3. The highest BCUT2D eigenvalue weighted by atomic mass is 79.9. The Kier molecular flexibility index (Phi) is 4.70. The predicted molar refractivity (Wildman–Crippen MR) is 79.6 cm³/mol. The monoisotopic (exact) mass is 352 g/mol. The molecule has 0 aliphatic carbocycles. The van der Waals surface area contributed by atoms with Crippen LogP contribution < -0.4 is 4.74 Å². The van der Waals surface area contributed by atoms with Gasteiger partial charge in [0, 0.05) is 0 Å². The minimum atomic E-state index is -0.651. The average Bonchev–Trinajstić information content (AvgIpc) is 2.51. The van der Waals surface area contributed by atoms with E-state index in [4.69, 9.17) is 4.74 Å². The SMILES string of the molecule is COC(=O)c1cc(O)c(O)c(OCc2ccccc2)c1Br. The molecule has 2 N–H and O–H groups in total. The second-order valence-corrected chi connectivity index (χ2v) is 4.99. The van der Waals surface area contributed by atoms with Crippen molar-refractivity contribution in [3.63, 3.8) is 0 Å². The molecule has 2 rings (SSSR count). The smallest absolute Gasteiger partial charge is 0.339 e. The molecule has 0 saturated heterocycles. The van der Waals surface area contributed by atoms with Gasteiger partial charge in [-0.05, 0) is 27.6 Å². The Bertz CT molecular complexity index is 655. The summed E-state index contributed by atoms with van der Waals surface area (Å²) < 4.78 is 10.3. The lowest BCUT2D eigenvalue weighted by Crippen LogP contribution is -2.04. The number of esters is 1. The third-order valence-electron chi connectivity index (χ3n) is 2.81. The van der Waals surface area contributed by atoms with Gasteiger partial charge in [-0.2, -0.15) is 0 Å². The van der Waals surface area contributed by atoms with Gasteiger partial charge in [-0.1, -0.05) is 30.3 Å². The summed E-state index contributed by atoms with van der Waals surface area (Å²) >= 11 is 3.18. The van der Waals surface area contributed by atoms with Crippen LogP contribution in [0.4, 0.5) is 0 Å². The Morgan fingerprint density at radius 2 is 1.90 bits per heavy atom. The number of phenols is 2. The highest BCUT2D eigenvalue weighted by molar-refractivity contribution is 9.10. The number of hydrogen-bond donors (Lipinski definition) is 2. The Morgan fingerprint density at radius 1 is 1.24 bits per heavy atom. The number of ether oxygens (including phenoxy) is 2. The van der Waals surface area contributed by atoms with Crippen molar-refractivity contribution in [3.05, 3.63) is 52.0 Å². The van der Waals surface area contributed by atoms with Crippen LogP contribution in [0.2, 0.25) is 0 Å². The van der Waals surface area contributed by atoms with Crippen LogP contribution in [0, 0.1) is 0 Å². The van der Waals surface area contributed by atoms with E-state index in [1.165, 1.54) is 7.11 Å². The summed E-state index contributed by atoms with van der Waals surface area (Å²) in [5.74, 6) is -1.56. The summed E-state index contributed by atoms with van der Waals surface area (Å²) in [6.45, 7) is 0.178. The van der Waals surface area contributed by atoms with Crippen LogP contribution >= 0.6 is 15.9 Å². The molecule has 110 valence electrons. The summed E-state index contributed by atoms with van der Waals surface area (Å²) in [6, 6.07) is 10.4. The van der Waals surface area contributed by atoms with E-state index in [1.807, 2.05) is 30.3 Å². The van der Waals surface area contributed by atoms with E-state index in [-0.39, 0.29) is 22.4 Å². The maximum Gasteiger partial charge on any atom is 0.339 e. The van der Waals surface area contributed by atoms with E-state index < -0.39 is 17.5 Å². The summed E-state index contributed by atoms with van der Waals surface area (Å²) in [5.41, 5.74) is 0.947. The van der Waals surface area contributed by atoms with Crippen LogP contribution in [0.3, 0.4) is 0 Å². The molecule has 0 aliphatic rings. The molecule has 0 bridgehead atoms. The van der Waals surface area contributed by atoms with Crippen LogP contribution in [0.1, 0.15) is 15.9 Å². The molecule has 0 saturated carbocycles. The van der Waals surface area contributed by atoms with Gasteiger partial charge in [0.1, 0.15) is 6.61 Å². The molecule has 21 heavy (non-hydrogen) atoms. The highest BCUT2D eigenvalue weighted by Crippen LogP contribution is 2.44. The topological polar surface area (TPSA) is 76.0 Å². The fourth-order valence-corrected chi connectivity index (χ4v) is 2.31. The van der Waals surface area contributed by atoms with Crippen LogP contribution in [-0.4, -0.2) is 23.3 Å². The normalized spacial score (nSPS) is 10.2. The summed E-state index contributed by atoms with van der Waals surface area (Å²) in [7, 11) is 1.23. The summed E-state index contributed by atoms with van der Waals surface area (Å²) in [5, 5.41) is 19.6. The molecule has 0 atom stereocenters. The van der Waals surface area contributed by atoms with Crippen molar-refractivity contribution in [2.75, 3.05) is 7.11 Å². The highest BCUT2D eigenvalue weighted by Gasteiger charge is 2.22. The molecule has 0 aliphatic heterocycles. The first-order chi connectivity index (χ1) is 10.0. The van der Waals surface area contributed by atoms with E-state index in [0.29, 0.717) is 0 Å².